The number of hydrogen-bond donors (Lipinski definition) is 3. The summed E-state index contributed by atoms with van der Waals surface area (Å²) in [5.74, 6) is -0.407. The van der Waals surface area contributed by atoms with Crippen molar-refractivity contribution in [2.75, 3.05) is 17.6 Å². The van der Waals surface area contributed by atoms with E-state index in [1.807, 2.05) is 18.2 Å². The standard InChI is InChI=1S/C18H19ClN6O3S/c19-15-10-13(21-8-9-29(20,27)28)16-22-11-14(25(16)24-15)18(6-7-18)23-17(26)12-4-2-1-3-5-12/h1-5,10-11,21H,6-9H2,(H,23,26)(H2,20,27,28). The highest BCUT2D eigenvalue weighted by atomic mass is 35.5. The van der Waals surface area contributed by atoms with E-state index in [0.29, 0.717) is 22.6 Å². The molecule has 9 nitrogen and oxygen atoms in total. The number of fused-ring (bicyclic) bond motifs is 1. The molecular weight excluding hydrogens is 416 g/mol. The number of nitrogens with zero attached hydrogens (tertiary/aromatic N) is 3. The maximum absolute atomic E-state index is 12.6. The van der Waals surface area contributed by atoms with Crippen LogP contribution < -0.4 is 15.8 Å². The molecule has 152 valence electrons. The molecule has 2 heterocycles. The molecule has 1 aliphatic carbocycles. The van der Waals surface area contributed by atoms with E-state index in [-0.39, 0.29) is 23.4 Å². The Morgan fingerprint density at radius 1 is 1.28 bits per heavy atom. The van der Waals surface area contributed by atoms with Gasteiger partial charge in [0, 0.05) is 18.2 Å². The number of benzene rings is 1. The van der Waals surface area contributed by atoms with Crippen LogP contribution in [-0.2, 0) is 15.6 Å². The van der Waals surface area contributed by atoms with E-state index in [4.69, 9.17) is 16.7 Å². The average molecular weight is 435 g/mol. The van der Waals surface area contributed by atoms with Gasteiger partial charge >= 0.3 is 0 Å². The quantitative estimate of drug-likeness (QED) is 0.516. The zero-order valence-electron chi connectivity index (χ0n) is 15.3. The van der Waals surface area contributed by atoms with Gasteiger partial charge in [-0.15, -0.1) is 0 Å². The molecule has 0 radical (unpaired) electrons. The van der Waals surface area contributed by atoms with Crippen molar-refractivity contribution in [2.24, 2.45) is 5.14 Å². The maximum atomic E-state index is 12.6. The molecule has 11 heteroatoms. The Hall–Kier alpha value is -2.69. The van der Waals surface area contributed by atoms with Crippen LogP contribution in [0, 0.1) is 0 Å². The summed E-state index contributed by atoms with van der Waals surface area (Å²) in [5, 5.41) is 15.6. The van der Waals surface area contributed by atoms with Crippen LogP contribution >= 0.6 is 11.6 Å². The van der Waals surface area contributed by atoms with Crippen LogP contribution in [0.2, 0.25) is 5.15 Å². The third-order valence-corrected chi connectivity index (χ3v) is 5.73. The van der Waals surface area contributed by atoms with Gasteiger partial charge < -0.3 is 10.6 Å². The van der Waals surface area contributed by atoms with Crippen LogP contribution in [0.5, 0.6) is 0 Å². The lowest BCUT2D eigenvalue weighted by Crippen LogP contribution is -2.36. The van der Waals surface area contributed by atoms with Crippen molar-refractivity contribution in [1.29, 1.82) is 0 Å². The molecule has 4 rings (SSSR count). The second-order valence-corrected chi connectivity index (χ2v) is 9.08. The minimum absolute atomic E-state index is 0.104. The Balaban J connectivity index is 1.62. The second kappa shape index (κ2) is 7.29. The van der Waals surface area contributed by atoms with Gasteiger partial charge in [-0.3, -0.25) is 4.79 Å². The summed E-state index contributed by atoms with van der Waals surface area (Å²) in [6.45, 7) is 0.104. The lowest BCUT2D eigenvalue weighted by atomic mass is 10.1. The lowest BCUT2D eigenvalue weighted by molar-refractivity contribution is 0.0929. The number of sulfonamides is 1. The molecule has 0 unspecified atom stereocenters. The molecule has 4 N–H and O–H groups in total. The molecule has 1 aromatic carbocycles. The van der Waals surface area contributed by atoms with Crippen molar-refractivity contribution in [1.82, 2.24) is 19.9 Å². The third kappa shape index (κ3) is 4.19. The predicted molar refractivity (Wildman–Crippen MR) is 109 cm³/mol. The van der Waals surface area contributed by atoms with E-state index in [1.165, 1.54) is 0 Å². The number of rotatable bonds is 7. The fraction of sp³-hybridized carbons (Fsp3) is 0.278. The largest absolute Gasteiger partial charge is 0.381 e. The van der Waals surface area contributed by atoms with Crippen LogP contribution in [0.4, 0.5) is 5.69 Å². The molecule has 3 aromatic rings. The molecule has 1 fully saturated rings. The zero-order valence-corrected chi connectivity index (χ0v) is 16.9. The SMILES string of the molecule is NS(=O)(=O)CCNc1cc(Cl)nn2c(C3(NC(=O)c4ccccc4)CC3)cnc12. The zero-order chi connectivity index (χ0) is 20.6. The minimum Gasteiger partial charge on any atom is -0.381 e. The van der Waals surface area contributed by atoms with E-state index in [0.717, 1.165) is 12.8 Å². The van der Waals surface area contributed by atoms with Gasteiger partial charge in [-0.1, -0.05) is 29.8 Å². The summed E-state index contributed by atoms with van der Waals surface area (Å²) in [5.41, 5.74) is 1.74. The molecular formula is C18H19ClN6O3S. The molecule has 1 amide bonds. The Bertz CT molecular complexity index is 1180. The highest BCUT2D eigenvalue weighted by molar-refractivity contribution is 7.89. The number of imidazole rings is 1. The van der Waals surface area contributed by atoms with Gasteiger partial charge in [0.2, 0.25) is 10.0 Å². The summed E-state index contributed by atoms with van der Waals surface area (Å²) in [7, 11) is -3.59. The number of aromatic nitrogens is 3. The summed E-state index contributed by atoms with van der Waals surface area (Å²) in [6.07, 6.45) is 3.16. The smallest absolute Gasteiger partial charge is 0.252 e. The lowest BCUT2D eigenvalue weighted by Gasteiger charge is -2.17. The summed E-state index contributed by atoms with van der Waals surface area (Å²) >= 11 is 6.16. The van der Waals surface area contributed by atoms with Crippen LogP contribution in [0.3, 0.4) is 0 Å². The van der Waals surface area contributed by atoms with Crippen molar-refractivity contribution >= 4 is 38.9 Å². The van der Waals surface area contributed by atoms with E-state index in [2.05, 4.69) is 20.7 Å². The van der Waals surface area contributed by atoms with Gasteiger partial charge in [-0.2, -0.15) is 5.10 Å². The fourth-order valence-corrected chi connectivity index (χ4v) is 3.74. The van der Waals surface area contributed by atoms with E-state index in [1.54, 1.807) is 28.9 Å². The first-order chi connectivity index (χ1) is 13.8. The van der Waals surface area contributed by atoms with Crippen molar-refractivity contribution in [3.8, 4) is 0 Å². The monoisotopic (exact) mass is 434 g/mol. The topological polar surface area (TPSA) is 131 Å². The third-order valence-electron chi connectivity index (χ3n) is 4.77. The Labute approximate surface area is 172 Å². The Morgan fingerprint density at radius 2 is 2.00 bits per heavy atom. The average Bonchev–Trinajstić information content (AvgIpc) is 3.30. The first-order valence-electron chi connectivity index (χ1n) is 8.94. The molecule has 1 saturated carbocycles. The van der Waals surface area contributed by atoms with Gasteiger partial charge in [0.05, 0.1) is 28.9 Å². The van der Waals surface area contributed by atoms with E-state index < -0.39 is 15.6 Å². The number of halogens is 1. The van der Waals surface area contributed by atoms with E-state index in [9.17, 15) is 13.2 Å². The van der Waals surface area contributed by atoms with Gasteiger partial charge in [-0.25, -0.2) is 23.1 Å². The van der Waals surface area contributed by atoms with Crippen LogP contribution in [-0.4, -0.2) is 41.2 Å². The molecule has 0 saturated heterocycles. The number of carbonyl (C=O) groups is 1. The number of nitrogens with two attached hydrogens (primary N) is 1. The predicted octanol–water partition coefficient (Wildman–Crippen LogP) is 1.50. The van der Waals surface area contributed by atoms with E-state index >= 15 is 0 Å². The number of primary sulfonamides is 1. The van der Waals surface area contributed by atoms with Gasteiger partial charge in [0.1, 0.15) is 0 Å². The molecule has 0 bridgehead atoms. The molecule has 1 aliphatic rings. The number of amides is 1. The normalized spacial score (nSPS) is 15.2. The van der Waals surface area contributed by atoms with Crippen LogP contribution in [0.15, 0.2) is 42.6 Å². The van der Waals surface area contributed by atoms with Gasteiger partial charge in [0.15, 0.2) is 10.8 Å². The van der Waals surface area contributed by atoms with Gasteiger partial charge in [0.25, 0.3) is 5.91 Å². The number of anilines is 1. The first-order valence-corrected chi connectivity index (χ1v) is 11.0. The maximum Gasteiger partial charge on any atom is 0.252 e. The second-order valence-electron chi connectivity index (χ2n) is 6.96. The van der Waals surface area contributed by atoms with Crippen molar-refractivity contribution < 1.29 is 13.2 Å². The highest BCUT2D eigenvalue weighted by Gasteiger charge is 2.48. The van der Waals surface area contributed by atoms with Crippen LogP contribution in [0.25, 0.3) is 5.65 Å². The number of hydrogen-bond acceptors (Lipinski definition) is 6. The summed E-state index contributed by atoms with van der Waals surface area (Å²) in [6, 6.07) is 10.5. The number of nitrogens with one attached hydrogen (secondary N) is 2. The fourth-order valence-electron chi connectivity index (χ4n) is 3.17. The molecule has 29 heavy (non-hydrogen) atoms. The molecule has 0 atom stereocenters. The molecule has 0 spiro atoms. The first kappa shape index (κ1) is 19.6. The molecule has 2 aromatic heterocycles. The summed E-state index contributed by atoms with van der Waals surface area (Å²) < 4.78 is 23.9. The van der Waals surface area contributed by atoms with Crippen molar-refractivity contribution in [3.63, 3.8) is 0 Å². The van der Waals surface area contributed by atoms with Gasteiger partial charge in [-0.05, 0) is 25.0 Å². The number of carbonyl (C=O) groups excluding carboxylic acids is 1. The minimum atomic E-state index is -3.59. The molecule has 0 aliphatic heterocycles. The Morgan fingerprint density at radius 3 is 2.66 bits per heavy atom. The van der Waals surface area contributed by atoms with Crippen molar-refractivity contribution in [3.05, 3.63) is 59.0 Å². The highest BCUT2D eigenvalue weighted by Crippen LogP contribution is 2.46. The van der Waals surface area contributed by atoms with Crippen molar-refractivity contribution in [2.45, 2.75) is 18.4 Å². The van der Waals surface area contributed by atoms with Crippen LogP contribution in [0.1, 0.15) is 28.9 Å². The summed E-state index contributed by atoms with van der Waals surface area (Å²) in [4.78, 5) is 17.0. The Kier molecular flexibility index (Phi) is 4.93.